The Balaban J connectivity index is 1.30. The number of rotatable bonds is 10. The second kappa shape index (κ2) is 11.5. The van der Waals surface area contributed by atoms with Crippen molar-refractivity contribution < 1.29 is 27.2 Å². The molecule has 1 aromatic heterocycles. The van der Waals surface area contributed by atoms with Gasteiger partial charge in [0.05, 0.1) is 23.0 Å². The van der Waals surface area contributed by atoms with Crippen LogP contribution in [-0.4, -0.2) is 43.3 Å². The molecular formula is C26H25N3O6S2. The number of sulfone groups is 1. The van der Waals surface area contributed by atoms with Crippen molar-refractivity contribution in [1.82, 2.24) is 4.98 Å². The molecule has 2 N–H and O–H groups in total. The van der Waals surface area contributed by atoms with Gasteiger partial charge in [-0.3, -0.25) is 9.59 Å². The molecule has 4 aromatic rings. The molecule has 0 saturated heterocycles. The van der Waals surface area contributed by atoms with E-state index in [9.17, 15) is 18.0 Å². The molecule has 3 aromatic carbocycles. The smallest absolute Gasteiger partial charge is 0.257 e. The van der Waals surface area contributed by atoms with Gasteiger partial charge >= 0.3 is 0 Å². The third-order valence-corrected chi connectivity index (χ3v) is 7.82. The van der Waals surface area contributed by atoms with Crippen LogP contribution < -0.4 is 15.4 Å². The van der Waals surface area contributed by atoms with E-state index in [-0.39, 0.29) is 33.4 Å². The number of amides is 2. The van der Waals surface area contributed by atoms with Crippen molar-refractivity contribution in [2.24, 2.45) is 0 Å². The molecule has 0 aliphatic carbocycles. The van der Waals surface area contributed by atoms with Gasteiger partial charge in [0.15, 0.2) is 15.4 Å². The summed E-state index contributed by atoms with van der Waals surface area (Å²) in [4.78, 5) is 29.4. The molecule has 11 heteroatoms. The van der Waals surface area contributed by atoms with Crippen molar-refractivity contribution in [1.29, 1.82) is 0 Å². The zero-order valence-corrected chi connectivity index (χ0v) is 21.8. The van der Waals surface area contributed by atoms with Gasteiger partial charge in [-0.25, -0.2) is 13.4 Å². The van der Waals surface area contributed by atoms with Crippen LogP contribution in [0.5, 0.6) is 5.75 Å². The molecule has 0 aliphatic heterocycles. The number of fused-ring (bicyclic) bond motifs is 1. The van der Waals surface area contributed by atoms with E-state index in [1.807, 2.05) is 6.92 Å². The van der Waals surface area contributed by atoms with Crippen LogP contribution >= 0.6 is 11.8 Å². The van der Waals surface area contributed by atoms with E-state index in [1.165, 1.54) is 12.1 Å². The van der Waals surface area contributed by atoms with Crippen LogP contribution in [0.4, 0.5) is 11.4 Å². The van der Waals surface area contributed by atoms with E-state index in [2.05, 4.69) is 15.6 Å². The van der Waals surface area contributed by atoms with Crippen molar-refractivity contribution in [3.05, 3.63) is 72.3 Å². The molecule has 2 amide bonds. The number of carbonyl (C=O) groups is 2. The fraction of sp³-hybridized carbons (Fsp3) is 0.192. The summed E-state index contributed by atoms with van der Waals surface area (Å²) in [5.41, 5.74) is 2.48. The number of thioether (sulfide) groups is 1. The predicted molar refractivity (Wildman–Crippen MR) is 143 cm³/mol. The minimum absolute atomic E-state index is 0.00740. The monoisotopic (exact) mass is 539 g/mol. The highest BCUT2D eigenvalue weighted by Crippen LogP contribution is 2.26. The van der Waals surface area contributed by atoms with Crippen molar-refractivity contribution in [2.45, 2.75) is 24.0 Å². The molecule has 37 heavy (non-hydrogen) atoms. The molecule has 1 heterocycles. The van der Waals surface area contributed by atoms with Crippen molar-refractivity contribution in [3.8, 4) is 5.75 Å². The molecule has 0 aliphatic rings. The predicted octanol–water partition coefficient (Wildman–Crippen LogP) is 5.00. The summed E-state index contributed by atoms with van der Waals surface area (Å²) in [6, 6.07) is 18.1. The lowest BCUT2D eigenvalue weighted by atomic mass is 10.2. The zero-order valence-electron chi connectivity index (χ0n) is 20.2. The summed E-state index contributed by atoms with van der Waals surface area (Å²) in [5, 5.41) is 5.84. The second-order valence-electron chi connectivity index (χ2n) is 7.84. The number of carbonyl (C=O) groups excluding carboxylic acids is 2. The number of oxazole rings is 1. The van der Waals surface area contributed by atoms with Gasteiger partial charge in [0.25, 0.3) is 11.1 Å². The van der Waals surface area contributed by atoms with Crippen LogP contribution in [0.25, 0.3) is 11.1 Å². The third kappa shape index (κ3) is 6.69. The van der Waals surface area contributed by atoms with Gasteiger partial charge in [-0.15, -0.1) is 0 Å². The Morgan fingerprint density at radius 2 is 1.62 bits per heavy atom. The van der Waals surface area contributed by atoms with E-state index in [1.54, 1.807) is 61.5 Å². The summed E-state index contributed by atoms with van der Waals surface area (Å²) < 4.78 is 35.1. The first-order chi connectivity index (χ1) is 17.8. The number of nitrogens with one attached hydrogen (secondary N) is 2. The topological polar surface area (TPSA) is 128 Å². The summed E-state index contributed by atoms with van der Waals surface area (Å²) in [6.07, 6.45) is 0. The molecule has 0 fully saturated rings. The SMILES string of the molecule is CCOc1ccc(NC(=O)c2ccc(NC(=O)CSc3nc4cc(S(=O)(=O)CC)ccc4o3)cc2)cc1. The Morgan fingerprint density at radius 1 is 0.946 bits per heavy atom. The maximum atomic E-state index is 12.5. The molecule has 0 saturated carbocycles. The number of aromatic nitrogens is 1. The van der Waals surface area contributed by atoms with Crippen LogP contribution in [0.3, 0.4) is 0 Å². The Kier molecular flexibility index (Phi) is 8.14. The Morgan fingerprint density at radius 3 is 2.30 bits per heavy atom. The first kappa shape index (κ1) is 26.2. The highest BCUT2D eigenvalue weighted by Gasteiger charge is 2.15. The van der Waals surface area contributed by atoms with Crippen molar-refractivity contribution >= 4 is 55.9 Å². The number of hydrogen-bond donors (Lipinski definition) is 2. The van der Waals surface area contributed by atoms with Gasteiger partial charge in [-0.2, -0.15) is 0 Å². The van der Waals surface area contributed by atoms with Crippen LogP contribution in [0.15, 0.2) is 81.3 Å². The molecular weight excluding hydrogens is 514 g/mol. The van der Waals surface area contributed by atoms with E-state index in [4.69, 9.17) is 9.15 Å². The third-order valence-electron chi connectivity index (χ3n) is 5.26. The fourth-order valence-corrected chi connectivity index (χ4v) is 4.88. The van der Waals surface area contributed by atoms with E-state index in [0.29, 0.717) is 34.6 Å². The zero-order chi connectivity index (χ0) is 26.4. The van der Waals surface area contributed by atoms with Crippen LogP contribution in [-0.2, 0) is 14.6 Å². The molecule has 0 spiro atoms. The molecule has 192 valence electrons. The molecule has 0 unspecified atom stereocenters. The fourth-order valence-electron chi connectivity index (χ4n) is 3.34. The summed E-state index contributed by atoms with van der Waals surface area (Å²) in [7, 11) is -3.35. The first-order valence-corrected chi connectivity index (χ1v) is 14.1. The average molecular weight is 540 g/mol. The summed E-state index contributed by atoms with van der Waals surface area (Å²) >= 11 is 1.09. The largest absolute Gasteiger partial charge is 0.494 e. The van der Waals surface area contributed by atoms with Crippen LogP contribution in [0, 0.1) is 0 Å². The maximum absolute atomic E-state index is 12.5. The number of ether oxygens (including phenoxy) is 1. The van der Waals surface area contributed by atoms with E-state index >= 15 is 0 Å². The number of benzene rings is 3. The van der Waals surface area contributed by atoms with Crippen LogP contribution in [0.2, 0.25) is 0 Å². The highest BCUT2D eigenvalue weighted by atomic mass is 32.2. The highest BCUT2D eigenvalue weighted by molar-refractivity contribution is 7.99. The van der Waals surface area contributed by atoms with Gasteiger partial charge < -0.3 is 19.8 Å². The maximum Gasteiger partial charge on any atom is 0.257 e. The lowest BCUT2D eigenvalue weighted by molar-refractivity contribution is -0.113. The quantitative estimate of drug-likeness (QED) is 0.270. The average Bonchev–Trinajstić information content (AvgIpc) is 3.31. The van der Waals surface area contributed by atoms with Crippen molar-refractivity contribution in [3.63, 3.8) is 0 Å². The first-order valence-electron chi connectivity index (χ1n) is 11.5. The molecule has 0 bridgehead atoms. The Labute approximate surface area is 218 Å². The minimum atomic E-state index is -3.35. The summed E-state index contributed by atoms with van der Waals surface area (Å²) in [6.45, 7) is 4.05. The lowest BCUT2D eigenvalue weighted by Gasteiger charge is -2.08. The van der Waals surface area contributed by atoms with Crippen LogP contribution in [0.1, 0.15) is 24.2 Å². The van der Waals surface area contributed by atoms with Gasteiger partial charge in [-0.05, 0) is 73.7 Å². The molecule has 0 radical (unpaired) electrons. The van der Waals surface area contributed by atoms with E-state index < -0.39 is 9.84 Å². The van der Waals surface area contributed by atoms with Crippen molar-refractivity contribution in [2.75, 3.05) is 28.7 Å². The van der Waals surface area contributed by atoms with Gasteiger partial charge in [0.2, 0.25) is 5.91 Å². The molecule has 9 nitrogen and oxygen atoms in total. The second-order valence-corrected chi connectivity index (χ2v) is 11.0. The number of hydrogen-bond acceptors (Lipinski definition) is 8. The molecule has 0 atom stereocenters. The normalized spacial score (nSPS) is 11.3. The lowest BCUT2D eigenvalue weighted by Crippen LogP contribution is -2.15. The van der Waals surface area contributed by atoms with Gasteiger partial charge in [0.1, 0.15) is 11.3 Å². The Bertz CT molecular complexity index is 1510. The number of anilines is 2. The standard InChI is InChI=1S/C26H25N3O6S2/c1-3-34-20-11-9-19(10-12-20)28-25(31)17-5-7-18(8-6-17)27-24(30)16-36-26-29-22-15-21(37(32,33)4-2)13-14-23(22)35-26/h5-15H,3-4,16H2,1-2H3,(H,27,30)(H,28,31). The Hall–Kier alpha value is -3.83. The summed E-state index contributed by atoms with van der Waals surface area (Å²) in [5.74, 6) is 0.197. The van der Waals surface area contributed by atoms with Gasteiger partial charge in [-0.1, -0.05) is 18.7 Å². The number of nitrogens with zero attached hydrogens (tertiary/aromatic N) is 1. The minimum Gasteiger partial charge on any atom is -0.494 e. The van der Waals surface area contributed by atoms with E-state index in [0.717, 1.165) is 17.5 Å². The molecule has 4 rings (SSSR count). The van der Waals surface area contributed by atoms with Gasteiger partial charge in [0, 0.05) is 16.9 Å².